The number of nitrogens with zero attached hydrogens (tertiary/aromatic N) is 3. The third-order valence-corrected chi connectivity index (χ3v) is 4.36. The maximum atomic E-state index is 12.8. The molecule has 0 aromatic carbocycles. The van der Waals surface area contributed by atoms with Crippen LogP contribution in [0.4, 0.5) is 0 Å². The van der Waals surface area contributed by atoms with Gasteiger partial charge in [0.25, 0.3) is 5.91 Å². The van der Waals surface area contributed by atoms with Crippen molar-refractivity contribution in [3.05, 3.63) is 17.5 Å². The van der Waals surface area contributed by atoms with E-state index in [1.54, 1.807) is 4.68 Å². The fourth-order valence-corrected chi connectivity index (χ4v) is 2.82. The first-order valence-corrected chi connectivity index (χ1v) is 7.79. The summed E-state index contributed by atoms with van der Waals surface area (Å²) in [4.78, 5) is 14.7. The van der Waals surface area contributed by atoms with Crippen LogP contribution in [-0.2, 0) is 12.5 Å². The molecule has 2 N–H and O–H groups in total. The molecule has 0 saturated carbocycles. The SMILES string of the molecule is CC(N)C1CCCN(C(=O)c2cc(C(C)(C)C)nn2C)C1.Cl. The van der Waals surface area contributed by atoms with Gasteiger partial charge in [-0.25, -0.2) is 0 Å². The summed E-state index contributed by atoms with van der Waals surface area (Å²) in [6.07, 6.45) is 2.14. The fraction of sp³-hybridized carbons (Fsp3) is 0.750. The lowest BCUT2D eigenvalue weighted by Gasteiger charge is -2.34. The van der Waals surface area contributed by atoms with Crippen molar-refractivity contribution in [2.45, 2.75) is 52.0 Å². The van der Waals surface area contributed by atoms with E-state index in [1.807, 2.05) is 24.9 Å². The van der Waals surface area contributed by atoms with Crippen molar-refractivity contribution in [1.82, 2.24) is 14.7 Å². The summed E-state index contributed by atoms with van der Waals surface area (Å²) >= 11 is 0. The van der Waals surface area contributed by atoms with Gasteiger partial charge in [-0.05, 0) is 31.7 Å². The highest BCUT2D eigenvalue weighted by Gasteiger charge is 2.29. The average molecular weight is 329 g/mol. The average Bonchev–Trinajstić information content (AvgIpc) is 2.80. The topological polar surface area (TPSA) is 64.2 Å². The molecule has 0 spiro atoms. The van der Waals surface area contributed by atoms with E-state index in [-0.39, 0.29) is 29.8 Å². The Morgan fingerprint density at radius 1 is 1.45 bits per heavy atom. The number of aryl methyl sites for hydroxylation is 1. The van der Waals surface area contributed by atoms with Gasteiger partial charge in [0, 0.05) is 31.6 Å². The minimum atomic E-state index is -0.0491. The maximum absolute atomic E-state index is 12.8. The first kappa shape index (κ1) is 19.0. The highest BCUT2D eigenvalue weighted by atomic mass is 35.5. The van der Waals surface area contributed by atoms with Crippen molar-refractivity contribution in [2.24, 2.45) is 18.7 Å². The van der Waals surface area contributed by atoms with Gasteiger partial charge in [-0.15, -0.1) is 12.4 Å². The molecule has 0 radical (unpaired) electrons. The van der Waals surface area contributed by atoms with Gasteiger partial charge in [-0.2, -0.15) is 5.10 Å². The molecule has 5 nitrogen and oxygen atoms in total. The van der Waals surface area contributed by atoms with E-state index in [1.165, 1.54) is 0 Å². The van der Waals surface area contributed by atoms with Crippen LogP contribution < -0.4 is 5.73 Å². The molecule has 1 aromatic rings. The third-order valence-electron chi connectivity index (χ3n) is 4.36. The maximum Gasteiger partial charge on any atom is 0.272 e. The Hall–Kier alpha value is -1.07. The molecule has 2 rings (SSSR count). The van der Waals surface area contributed by atoms with E-state index in [9.17, 15) is 4.79 Å². The zero-order valence-electron chi connectivity index (χ0n) is 14.3. The van der Waals surface area contributed by atoms with Crippen molar-refractivity contribution in [2.75, 3.05) is 13.1 Å². The lowest BCUT2D eigenvalue weighted by molar-refractivity contribution is 0.0650. The van der Waals surface area contributed by atoms with Crippen LogP contribution in [0.3, 0.4) is 0 Å². The Bertz CT molecular complexity index is 519. The molecule has 2 heterocycles. The minimum Gasteiger partial charge on any atom is -0.337 e. The lowest BCUT2D eigenvalue weighted by Crippen LogP contribution is -2.45. The highest BCUT2D eigenvalue weighted by molar-refractivity contribution is 5.92. The second kappa shape index (κ2) is 7.01. The van der Waals surface area contributed by atoms with E-state index >= 15 is 0 Å². The molecule has 1 aromatic heterocycles. The van der Waals surface area contributed by atoms with Crippen molar-refractivity contribution >= 4 is 18.3 Å². The molecule has 1 saturated heterocycles. The second-order valence-electron chi connectivity index (χ2n) is 7.30. The largest absolute Gasteiger partial charge is 0.337 e. The van der Waals surface area contributed by atoms with Crippen LogP contribution in [0.5, 0.6) is 0 Å². The van der Waals surface area contributed by atoms with Gasteiger partial charge in [0.2, 0.25) is 0 Å². The van der Waals surface area contributed by atoms with Gasteiger partial charge in [-0.3, -0.25) is 9.48 Å². The highest BCUT2D eigenvalue weighted by Crippen LogP contribution is 2.24. The van der Waals surface area contributed by atoms with E-state index in [0.29, 0.717) is 11.6 Å². The van der Waals surface area contributed by atoms with Crippen LogP contribution in [0.15, 0.2) is 6.07 Å². The predicted octanol–water partition coefficient (Wildman–Crippen LogP) is 2.34. The number of aromatic nitrogens is 2. The first-order chi connectivity index (χ1) is 9.70. The molecule has 2 atom stereocenters. The summed E-state index contributed by atoms with van der Waals surface area (Å²) in [5.74, 6) is 0.476. The zero-order valence-corrected chi connectivity index (χ0v) is 15.1. The molecule has 1 amide bonds. The van der Waals surface area contributed by atoms with Gasteiger partial charge in [0.05, 0.1) is 5.69 Å². The first-order valence-electron chi connectivity index (χ1n) is 7.79. The van der Waals surface area contributed by atoms with Crippen LogP contribution in [0.1, 0.15) is 56.7 Å². The monoisotopic (exact) mass is 328 g/mol. The summed E-state index contributed by atoms with van der Waals surface area (Å²) in [7, 11) is 1.84. The molecule has 6 heteroatoms. The Kier molecular flexibility index (Phi) is 6.04. The summed E-state index contributed by atoms with van der Waals surface area (Å²) < 4.78 is 1.71. The zero-order chi connectivity index (χ0) is 15.8. The number of hydrogen-bond acceptors (Lipinski definition) is 3. The quantitative estimate of drug-likeness (QED) is 0.906. The molecule has 0 aliphatic carbocycles. The summed E-state index contributed by atoms with van der Waals surface area (Å²) in [5, 5.41) is 4.50. The number of rotatable bonds is 2. The number of halogens is 1. The number of carbonyl (C=O) groups is 1. The van der Waals surface area contributed by atoms with Crippen LogP contribution in [0.2, 0.25) is 0 Å². The molecule has 1 aliphatic rings. The normalized spacial score (nSPS) is 20.5. The summed E-state index contributed by atoms with van der Waals surface area (Å²) in [6.45, 7) is 9.93. The molecule has 2 unspecified atom stereocenters. The van der Waals surface area contributed by atoms with E-state index in [2.05, 4.69) is 25.9 Å². The minimum absolute atomic E-state index is 0. The Morgan fingerprint density at radius 3 is 2.59 bits per heavy atom. The van der Waals surface area contributed by atoms with Crippen LogP contribution in [-0.4, -0.2) is 39.7 Å². The van der Waals surface area contributed by atoms with Gasteiger partial charge in [-0.1, -0.05) is 20.8 Å². The van der Waals surface area contributed by atoms with Gasteiger partial charge in [0.15, 0.2) is 0 Å². The Labute approximate surface area is 139 Å². The molecular weight excluding hydrogens is 300 g/mol. The molecule has 0 bridgehead atoms. The van der Waals surface area contributed by atoms with E-state index < -0.39 is 0 Å². The number of carbonyl (C=O) groups excluding carboxylic acids is 1. The number of nitrogens with two attached hydrogens (primary N) is 1. The van der Waals surface area contributed by atoms with Crippen molar-refractivity contribution in [3.8, 4) is 0 Å². The van der Waals surface area contributed by atoms with E-state index in [4.69, 9.17) is 5.73 Å². The molecule has 1 fully saturated rings. The third kappa shape index (κ3) is 4.02. The molecule has 22 heavy (non-hydrogen) atoms. The van der Waals surface area contributed by atoms with Gasteiger partial charge < -0.3 is 10.6 Å². The number of likely N-dealkylation sites (tertiary alicyclic amines) is 1. The second-order valence-corrected chi connectivity index (χ2v) is 7.30. The smallest absolute Gasteiger partial charge is 0.272 e. The summed E-state index contributed by atoms with van der Waals surface area (Å²) in [6, 6.07) is 2.06. The number of hydrogen-bond donors (Lipinski definition) is 1. The van der Waals surface area contributed by atoms with Crippen molar-refractivity contribution < 1.29 is 4.79 Å². The predicted molar refractivity (Wildman–Crippen MR) is 91.4 cm³/mol. The molecule has 1 aliphatic heterocycles. The van der Waals surface area contributed by atoms with Crippen LogP contribution in [0.25, 0.3) is 0 Å². The summed E-state index contributed by atoms with van der Waals surface area (Å²) in [5.41, 5.74) is 7.58. The van der Waals surface area contributed by atoms with E-state index in [0.717, 1.165) is 31.6 Å². The Morgan fingerprint density at radius 2 is 2.09 bits per heavy atom. The standard InChI is InChI=1S/C16H28N4O.ClH/c1-11(17)12-7-6-8-20(10-12)15(21)13-9-14(16(2,3)4)18-19(13)5;/h9,11-12H,6-8,10,17H2,1-5H3;1H. The van der Waals surface area contributed by atoms with Crippen LogP contribution in [0, 0.1) is 5.92 Å². The van der Waals surface area contributed by atoms with Gasteiger partial charge in [0.1, 0.15) is 5.69 Å². The van der Waals surface area contributed by atoms with Gasteiger partial charge >= 0.3 is 0 Å². The van der Waals surface area contributed by atoms with Crippen LogP contribution >= 0.6 is 12.4 Å². The lowest BCUT2D eigenvalue weighted by atomic mass is 9.91. The Balaban J connectivity index is 0.00000242. The molecule has 126 valence electrons. The molecular formula is C16H29ClN4O. The van der Waals surface area contributed by atoms with Crippen molar-refractivity contribution in [1.29, 1.82) is 0 Å². The number of piperidine rings is 1. The van der Waals surface area contributed by atoms with Crippen molar-refractivity contribution in [3.63, 3.8) is 0 Å². The fourth-order valence-electron chi connectivity index (χ4n) is 2.82. The number of amides is 1.